The SMILES string of the molecule is COc1ccc2c(c1)CCc1cc(C)cc(C)c1-2. The monoisotopic (exact) mass is 238 g/mol. The van der Waals surface area contributed by atoms with Crippen LogP contribution in [0.25, 0.3) is 11.1 Å². The Bertz CT molecular complexity index is 611. The van der Waals surface area contributed by atoms with Gasteiger partial charge in [-0.2, -0.15) is 0 Å². The van der Waals surface area contributed by atoms with Gasteiger partial charge in [-0.05, 0) is 66.6 Å². The lowest BCUT2D eigenvalue weighted by atomic mass is 9.82. The van der Waals surface area contributed by atoms with Crippen molar-refractivity contribution in [2.24, 2.45) is 0 Å². The van der Waals surface area contributed by atoms with Crippen molar-refractivity contribution in [3.63, 3.8) is 0 Å². The van der Waals surface area contributed by atoms with E-state index >= 15 is 0 Å². The van der Waals surface area contributed by atoms with Crippen LogP contribution in [-0.2, 0) is 12.8 Å². The molecule has 0 fully saturated rings. The third-order valence-electron chi connectivity index (χ3n) is 3.81. The Morgan fingerprint density at radius 1 is 0.944 bits per heavy atom. The van der Waals surface area contributed by atoms with Crippen LogP contribution in [0, 0.1) is 13.8 Å². The number of ether oxygens (including phenoxy) is 1. The van der Waals surface area contributed by atoms with Gasteiger partial charge in [-0.3, -0.25) is 0 Å². The molecule has 0 aromatic heterocycles. The highest BCUT2D eigenvalue weighted by Gasteiger charge is 2.18. The first-order valence-electron chi connectivity index (χ1n) is 6.46. The Balaban J connectivity index is 2.22. The highest BCUT2D eigenvalue weighted by molar-refractivity contribution is 5.77. The minimum atomic E-state index is 0.960. The second kappa shape index (κ2) is 4.16. The Kier molecular flexibility index (Phi) is 2.62. The van der Waals surface area contributed by atoms with Crippen molar-refractivity contribution in [3.05, 3.63) is 52.6 Å². The van der Waals surface area contributed by atoms with Gasteiger partial charge in [0.1, 0.15) is 5.75 Å². The van der Waals surface area contributed by atoms with Crippen molar-refractivity contribution in [3.8, 4) is 16.9 Å². The van der Waals surface area contributed by atoms with Crippen LogP contribution in [0.5, 0.6) is 5.75 Å². The third kappa shape index (κ3) is 1.71. The van der Waals surface area contributed by atoms with E-state index in [4.69, 9.17) is 4.74 Å². The van der Waals surface area contributed by atoms with E-state index in [1.54, 1.807) is 7.11 Å². The number of rotatable bonds is 1. The van der Waals surface area contributed by atoms with Crippen LogP contribution < -0.4 is 4.74 Å². The molecule has 0 saturated carbocycles. The average Bonchev–Trinajstić information content (AvgIpc) is 2.37. The highest BCUT2D eigenvalue weighted by Crippen LogP contribution is 2.37. The van der Waals surface area contributed by atoms with E-state index in [0.29, 0.717) is 0 Å². The molecule has 2 aromatic carbocycles. The predicted octanol–water partition coefficient (Wildman–Crippen LogP) is 4.08. The Morgan fingerprint density at radius 3 is 2.50 bits per heavy atom. The van der Waals surface area contributed by atoms with Crippen molar-refractivity contribution >= 4 is 0 Å². The van der Waals surface area contributed by atoms with Gasteiger partial charge in [-0.15, -0.1) is 0 Å². The molecule has 0 radical (unpaired) electrons. The molecule has 0 amide bonds. The quantitative estimate of drug-likeness (QED) is 0.727. The summed E-state index contributed by atoms with van der Waals surface area (Å²) < 4.78 is 5.32. The fraction of sp³-hybridized carbons (Fsp3) is 0.294. The molecule has 0 saturated heterocycles. The van der Waals surface area contributed by atoms with Crippen LogP contribution >= 0.6 is 0 Å². The molecular weight excluding hydrogens is 220 g/mol. The minimum Gasteiger partial charge on any atom is -0.497 e. The summed E-state index contributed by atoms with van der Waals surface area (Å²) in [5, 5.41) is 0. The van der Waals surface area contributed by atoms with Crippen LogP contribution in [0.15, 0.2) is 30.3 Å². The molecule has 0 heterocycles. The lowest BCUT2D eigenvalue weighted by Gasteiger charge is -2.23. The van der Waals surface area contributed by atoms with Crippen LogP contribution in [0.4, 0.5) is 0 Å². The predicted molar refractivity (Wildman–Crippen MR) is 75.3 cm³/mol. The molecule has 1 heteroatoms. The maximum absolute atomic E-state index is 5.32. The summed E-state index contributed by atoms with van der Waals surface area (Å²) in [6.45, 7) is 4.39. The van der Waals surface area contributed by atoms with Gasteiger partial charge in [0.05, 0.1) is 7.11 Å². The lowest BCUT2D eigenvalue weighted by molar-refractivity contribution is 0.414. The molecule has 1 aliphatic carbocycles. The van der Waals surface area contributed by atoms with Crippen molar-refractivity contribution in [2.45, 2.75) is 26.7 Å². The summed E-state index contributed by atoms with van der Waals surface area (Å²) in [4.78, 5) is 0. The van der Waals surface area contributed by atoms with Gasteiger partial charge in [0, 0.05) is 0 Å². The van der Waals surface area contributed by atoms with E-state index in [0.717, 1.165) is 18.6 Å². The number of methoxy groups -OCH3 is 1. The summed E-state index contributed by atoms with van der Waals surface area (Å²) in [7, 11) is 1.73. The second-order valence-corrected chi connectivity index (χ2v) is 5.14. The van der Waals surface area contributed by atoms with Crippen molar-refractivity contribution in [2.75, 3.05) is 7.11 Å². The standard InChI is InChI=1S/C17H18O/c1-11-8-12(2)17-14(9-11)5-4-13-10-15(18-3)6-7-16(13)17/h6-10H,4-5H2,1-3H3. The zero-order chi connectivity index (χ0) is 12.7. The van der Waals surface area contributed by atoms with Gasteiger partial charge in [0.15, 0.2) is 0 Å². The van der Waals surface area contributed by atoms with Crippen molar-refractivity contribution in [1.29, 1.82) is 0 Å². The van der Waals surface area contributed by atoms with E-state index in [9.17, 15) is 0 Å². The molecule has 0 atom stereocenters. The normalized spacial score (nSPS) is 12.8. The van der Waals surface area contributed by atoms with Gasteiger partial charge in [-0.1, -0.05) is 23.8 Å². The summed E-state index contributed by atoms with van der Waals surface area (Å²) in [5.74, 6) is 0.960. The van der Waals surface area contributed by atoms with Gasteiger partial charge < -0.3 is 4.74 Å². The highest BCUT2D eigenvalue weighted by atomic mass is 16.5. The number of hydrogen-bond acceptors (Lipinski definition) is 1. The molecule has 0 N–H and O–H groups in total. The molecule has 0 aliphatic heterocycles. The van der Waals surface area contributed by atoms with E-state index in [1.165, 1.54) is 33.4 Å². The van der Waals surface area contributed by atoms with Gasteiger partial charge in [0.25, 0.3) is 0 Å². The van der Waals surface area contributed by atoms with E-state index in [2.05, 4.69) is 44.2 Å². The first-order valence-corrected chi connectivity index (χ1v) is 6.46. The van der Waals surface area contributed by atoms with Crippen LogP contribution in [0.3, 0.4) is 0 Å². The van der Waals surface area contributed by atoms with Crippen LogP contribution in [0.2, 0.25) is 0 Å². The summed E-state index contributed by atoms with van der Waals surface area (Å²) in [6, 6.07) is 11.0. The van der Waals surface area contributed by atoms with Crippen molar-refractivity contribution in [1.82, 2.24) is 0 Å². The molecule has 0 bridgehead atoms. The minimum absolute atomic E-state index is 0.960. The van der Waals surface area contributed by atoms with Gasteiger partial charge >= 0.3 is 0 Å². The van der Waals surface area contributed by atoms with E-state index in [-0.39, 0.29) is 0 Å². The van der Waals surface area contributed by atoms with Gasteiger partial charge in [-0.25, -0.2) is 0 Å². The Hall–Kier alpha value is -1.76. The molecule has 0 spiro atoms. The summed E-state index contributed by atoms with van der Waals surface area (Å²) in [6.07, 6.45) is 2.25. The van der Waals surface area contributed by atoms with Crippen molar-refractivity contribution < 1.29 is 4.74 Å². The molecule has 1 nitrogen and oxygen atoms in total. The number of aryl methyl sites for hydroxylation is 4. The smallest absolute Gasteiger partial charge is 0.119 e. The average molecular weight is 238 g/mol. The number of hydrogen-bond donors (Lipinski definition) is 0. The largest absolute Gasteiger partial charge is 0.497 e. The molecule has 18 heavy (non-hydrogen) atoms. The second-order valence-electron chi connectivity index (χ2n) is 5.14. The Labute approximate surface area is 108 Å². The molecular formula is C17H18O. The molecule has 3 rings (SSSR count). The fourth-order valence-corrected chi connectivity index (χ4v) is 3.06. The van der Waals surface area contributed by atoms with Gasteiger partial charge in [0.2, 0.25) is 0 Å². The van der Waals surface area contributed by atoms with E-state index < -0.39 is 0 Å². The zero-order valence-electron chi connectivity index (χ0n) is 11.2. The fourth-order valence-electron chi connectivity index (χ4n) is 3.06. The molecule has 1 aliphatic rings. The Morgan fingerprint density at radius 2 is 1.72 bits per heavy atom. The number of fused-ring (bicyclic) bond motifs is 3. The number of benzene rings is 2. The molecule has 2 aromatic rings. The first kappa shape index (κ1) is 11.3. The summed E-state index contributed by atoms with van der Waals surface area (Å²) in [5.41, 5.74) is 8.47. The maximum atomic E-state index is 5.32. The summed E-state index contributed by atoms with van der Waals surface area (Å²) >= 11 is 0. The molecule has 92 valence electrons. The van der Waals surface area contributed by atoms with Crippen LogP contribution in [-0.4, -0.2) is 7.11 Å². The first-order chi connectivity index (χ1) is 8.69. The maximum Gasteiger partial charge on any atom is 0.119 e. The lowest BCUT2D eigenvalue weighted by Crippen LogP contribution is -2.06. The third-order valence-corrected chi connectivity index (χ3v) is 3.81. The topological polar surface area (TPSA) is 9.23 Å². The molecule has 0 unspecified atom stereocenters. The van der Waals surface area contributed by atoms with E-state index in [1.807, 2.05) is 0 Å². The van der Waals surface area contributed by atoms with Crippen LogP contribution in [0.1, 0.15) is 22.3 Å². The zero-order valence-corrected chi connectivity index (χ0v) is 11.2.